The van der Waals surface area contributed by atoms with Crippen molar-refractivity contribution < 1.29 is 25.8 Å². The zero-order chi connectivity index (χ0) is 37.6. The predicted octanol–water partition coefficient (Wildman–Crippen LogP) is 13.0. The van der Waals surface area contributed by atoms with Crippen LogP contribution in [0.5, 0.6) is 11.5 Å². The molecule has 1 aliphatic rings. The van der Waals surface area contributed by atoms with Crippen LogP contribution in [0.4, 0.5) is 22.9 Å². The number of para-hydroxylation sites is 1. The van der Waals surface area contributed by atoms with Crippen LogP contribution >= 0.6 is 11.3 Å². The number of thiophene rings is 1. The topological polar surface area (TPSA) is 46.4 Å². The Morgan fingerprint density at radius 1 is 0.696 bits per heavy atom. The second kappa shape index (κ2) is 13.6. The fourth-order valence-electron chi connectivity index (χ4n) is 8.14. The minimum atomic E-state index is -0.0232. The largest absolute Gasteiger partial charge is 0.509 e. The molecule has 6 nitrogen and oxygen atoms in total. The summed E-state index contributed by atoms with van der Waals surface area (Å²) >= 11 is 1.77. The van der Waals surface area contributed by atoms with Gasteiger partial charge in [-0.1, -0.05) is 90.8 Å². The maximum absolute atomic E-state index is 6.82. The maximum Gasteiger partial charge on any atom is 0.135 e. The number of anilines is 4. The molecule has 10 rings (SSSR count). The summed E-state index contributed by atoms with van der Waals surface area (Å²) in [4.78, 5) is 14.2. The number of aryl methyl sites for hydroxylation is 3. The number of nitrogens with zero attached hydrogens (tertiary/aromatic N) is 5. The Morgan fingerprint density at radius 2 is 1.46 bits per heavy atom. The van der Waals surface area contributed by atoms with Gasteiger partial charge >= 0.3 is 0 Å². The Morgan fingerprint density at radius 3 is 2.27 bits per heavy atom. The van der Waals surface area contributed by atoms with E-state index in [1.165, 1.54) is 32.3 Å². The molecule has 5 heterocycles. The summed E-state index contributed by atoms with van der Waals surface area (Å²) in [5, 5.41) is 4.53. The average Bonchev–Trinajstić information content (AvgIpc) is 3.84. The number of hydrogen-bond acceptors (Lipinski definition) is 6. The quantitative estimate of drug-likeness (QED) is 0.161. The van der Waals surface area contributed by atoms with E-state index in [0.29, 0.717) is 11.5 Å². The van der Waals surface area contributed by atoms with Gasteiger partial charge in [0.25, 0.3) is 0 Å². The van der Waals surface area contributed by atoms with Crippen molar-refractivity contribution in [1.82, 2.24) is 14.5 Å². The molecule has 0 atom stereocenters. The van der Waals surface area contributed by atoms with Crippen LogP contribution in [-0.4, -0.2) is 14.5 Å². The Bertz CT molecular complexity index is 2970. The second-order valence-electron chi connectivity index (χ2n) is 15.5. The maximum atomic E-state index is 6.82. The number of rotatable bonds is 5. The summed E-state index contributed by atoms with van der Waals surface area (Å²) < 4.78 is 11.4. The van der Waals surface area contributed by atoms with E-state index >= 15 is 0 Å². The van der Waals surface area contributed by atoms with Gasteiger partial charge in [-0.05, 0) is 90.0 Å². The summed E-state index contributed by atoms with van der Waals surface area (Å²) in [7, 11) is 0. The number of aromatic nitrogens is 3. The van der Waals surface area contributed by atoms with Gasteiger partial charge in [0, 0.05) is 60.9 Å². The van der Waals surface area contributed by atoms with Gasteiger partial charge in [0.05, 0.1) is 5.69 Å². The van der Waals surface area contributed by atoms with E-state index in [0.717, 1.165) is 60.6 Å². The monoisotopic (exact) mass is 927 g/mol. The summed E-state index contributed by atoms with van der Waals surface area (Å²) in [6.07, 6.45) is 3.76. The van der Waals surface area contributed by atoms with E-state index in [1.807, 2.05) is 24.5 Å². The molecule has 0 bridgehead atoms. The molecule has 0 aliphatic carbocycles. The molecule has 280 valence electrons. The van der Waals surface area contributed by atoms with Crippen molar-refractivity contribution in [3.05, 3.63) is 157 Å². The molecular weight excluding hydrogens is 890 g/mol. The van der Waals surface area contributed by atoms with Crippen LogP contribution in [0.3, 0.4) is 0 Å². The van der Waals surface area contributed by atoms with Crippen LogP contribution in [0.2, 0.25) is 0 Å². The van der Waals surface area contributed by atoms with Crippen molar-refractivity contribution in [2.75, 3.05) is 9.80 Å². The van der Waals surface area contributed by atoms with Gasteiger partial charge in [0.1, 0.15) is 11.6 Å². The third-order valence-electron chi connectivity index (χ3n) is 10.6. The smallest absolute Gasteiger partial charge is 0.135 e. The van der Waals surface area contributed by atoms with E-state index in [2.05, 4.69) is 166 Å². The van der Waals surface area contributed by atoms with Crippen molar-refractivity contribution in [1.29, 1.82) is 0 Å². The zero-order valence-corrected chi connectivity index (χ0v) is 35.0. The predicted molar refractivity (Wildman–Crippen MR) is 228 cm³/mol. The molecule has 5 aromatic carbocycles. The molecule has 0 N–H and O–H groups in total. The molecular formula is C48H38N5OPtS-3. The summed E-state index contributed by atoms with van der Waals surface area (Å²) in [5.74, 6) is 2.94. The molecule has 0 unspecified atom stereocenters. The molecule has 0 saturated carbocycles. The van der Waals surface area contributed by atoms with Crippen molar-refractivity contribution >= 4 is 76.2 Å². The first kappa shape index (κ1) is 36.2. The molecule has 0 amide bonds. The van der Waals surface area contributed by atoms with Gasteiger partial charge in [-0.15, -0.1) is 41.7 Å². The number of fused-ring (bicyclic) bond motifs is 7. The van der Waals surface area contributed by atoms with Gasteiger partial charge in [0.2, 0.25) is 0 Å². The minimum absolute atomic E-state index is 0. The first-order valence-corrected chi connectivity index (χ1v) is 19.4. The molecule has 0 radical (unpaired) electrons. The normalized spacial score (nSPS) is 12.9. The van der Waals surface area contributed by atoms with Crippen LogP contribution in [0.25, 0.3) is 47.8 Å². The van der Waals surface area contributed by atoms with Crippen LogP contribution in [0.1, 0.15) is 43.0 Å². The Labute approximate surface area is 345 Å². The molecule has 8 heteroatoms. The number of benzene rings is 5. The molecule has 0 saturated heterocycles. The molecule has 4 aromatic heterocycles. The van der Waals surface area contributed by atoms with Gasteiger partial charge in [-0.3, -0.25) is 0 Å². The van der Waals surface area contributed by atoms with E-state index in [4.69, 9.17) is 14.7 Å². The van der Waals surface area contributed by atoms with E-state index in [1.54, 1.807) is 11.3 Å². The van der Waals surface area contributed by atoms with Crippen molar-refractivity contribution in [2.24, 2.45) is 0 Å². The van der Waals surface area contributed by atoms with E-state index in [9.17, 15) is 0 Å². The van der Waals surface area contributed by atoms with Crippen LogP contribution < -0.4 is 14.5 Å². The SMILES string of the molecule is Cc1cc(C)c(N2[CH-]N(c3[c-]c(Oc4[c-]c5c(cc4)c4ccccc4n5-c4cc(C(C)(C)C)ccn4)cc4c3sc3ccccc34)c3cccnc32)c(C)c1.[Pt]. The van der Waals surface area contributed by atoms with E-state index < -0.39 is 0 Å². The second-order valence-corrected chi connectivity index (χ2v) is 16.5. The summed E-state index contributed by atoms with van der Waals surface area (Å²) in [5.41, 5.74) is 9.84. The molecule has 9 aromatic rings. The Hall–Kier alpha value is -5.49. The van der Waals surface area contributed by atoms with Crippen molar-refractivity contribution in [3.8, 4) is 17.3 Å². The molecule has 56 heavy (non-hydrogen) atoms. The zero-order valence-electron chi connectivity index (χ0n) is 31.9. The fourth-order valence-corrected chi connectivity index (χ4v) is 9.32. The molecule has 0 spiro atoms. The standard InChI is InChI=1S/C48H38N5OS.Pt/c1-29-22-30(2)45(31(3)23-29)52-28-51(40-15-11-20-50-47(40)52)42-27-34(25-38-37-13-8-10-16-43(37)55-46(38)42)54-33-17-18-36-35-12-7-9-14-39(35)53(41(36)26-33)44-24-32(19-21-49-44)48(4,5)6;/h7-25,28H,1-6H3;/q-3;. The van der Waals surface area contributed by atoms with Gasteiger partial charge < -0.3 is 19.1 Å². The van der Waals surface area contributed by atoms with E-state index in [-0.39, 0.29) is 26.5 Å². The van der Waals surface area contributed by atoms with Crippen molar-refractivity contribution in [3.63, 3.8) is 0 Å². The fraction of sp³-hybridized carbons (Fsp3) is 0.146. The Balaban J connectivity index is 0.00000410. The third-order valence-corrected chi connectivity index (χ3v) is 11.8. The van der Waals surface area contributed by atoms with Gasteiger partial charge in [-0.25, -0.2) is 21.3 Å². The first-order valence-electron chi connectivity index (χ1n) is 18.6. The summed E-state index contributed by atoms with van der Waals surface area (Å²) in [6.45, 7) is 15.3. The number of pyridine rings is 2. The first-order chi connectivity index (χ1) is 26.6. The average molecular weight is 928 g/mol. The minimum Gasteiger partial charge on any atom is -0.509 e. The van der Waals surface area contributed by atoms with Crippen LogP contribution in [0.15, 0.2) is 116 Å². The third kappa shape index (κ3) is 5.88. The number of hydrogen-bond donors (Lipinski definition) is 0. The van der Waals surface area contributed by atoms with Gasteiger partial charge in [-0.2, -0.15) is 6.07 Å². The number of ether oxygens (including phenoxy) is 1. The molecule has 0 fully saturated rings. The van der Waals surface area contributed by atoms with Crippen LogP contribution in [-0.2, 0) is 26.5 Å². The van der Waals surface area contributed by atoms with Crippen LogP contribution in [0, 0.1) is 39.6 Å². The molecule has 1 aliphatic heterocycles. The van der Waals surface area contributed by atoms with Gasteiger partial charge in [0.15, 0.2) is 0 Å². The summed E-state index contributed by atoms with van der Waals surface area (Å²) in [6, 6.07) is 43.5. The Kier molecular flexibility index (Phi) is 8.79. The van der Waals surface area contributed by atoms with Crippen molar-refractivity contribution in [2.45, 2.75) is 47.0 Å².